The lowest BCUT2D eigenvalue weighted by molar-refractivity contribution is -0.495. The van der Waals surface area contributed by atoms with E-state index in [1.165, 1.54) is 0 Å². The van der Waals surface area contributed by atoms with Gasteiger partial charge in [-0.05, 0) is 29.3 Å². The minimum atomic E-state index is -0.668. The molecule has 2 aliphatic carbocycles. The van der Waals surface area contributed by atoms with E-state index in [4.69, 9.17) is 11.7 Å². The van der Waals surface area contributed by atoms with Gasteiger partial charge >= 0.3 is 0 Å². The van der Waals surface area contributed by atoms with Crippen molar-refractivity contribution in [1.82, 2.24) is 0 Å². The summed E-state index contributed by atoms with van der Waals surface area (Å²) in [6.45, 7) is 13.7. The van der Waals surface area contributed by atoms with Crippen molar-refractivity contribution in [3.8, 4) is 0 Å². The third-order valence-electron chi connectivity index (χ3n) is 5.51. The van der Waals surface area contributed by atoms with Crippen molar-refractivity contribution in [2.24, 2.45) is 27.8 Å². The molecule has 4 nitrogen and oxygen atoms in total. The molecule has 0 aromatic carbocycles. The molecule has 106 valence electrons. The molecule has 0 aromatic heterocycles. The Balaban J connectivity index is 2.17. The Morgan fingerprint density at radius 2 is 2.10 bits per heavy atom. The smallest absolute Gasteiger partial charge is 0.191 e. The average Bonchev–Trinajstić information content (AvgIpc) is 2.76. The van der Waals surface area contributed by atoms with E-state index in [0.717, 1.165) is 18.6 Å². The Morgan fingerprint density at radius 1 is 1.40 bits per heavy atom. The van der Waals surface area contributed by atoms with E-state index >= 15 is 0 Å². The van der Waals surface area contributed by atoms with E-state index < -0.39 is 6.10 Å². The second-order valence-electron chi connectivity index (χ2n) is 7.13. The monoisotopic (exact) mass is 272 g/mol. The summed E-state index contributed by atoms with van der Waals surface area (Å²) in [7, 11) is 1.96. The number of aliphatic hydroxyl groups excluding tert-OH is 1. The fourth-order valence-electron chi connectivity index (χ4n) is 4.52. The highest BCUT2D eigenvalue weighted by Gasteiger charge is 2.58. The third-order valence-corrected chi connectivity index (χ3v) is 5.51. The Hall–Kier alpha value is -1.47. The van der Waals surface area contributed by atoms with Crippen LogP contribution in [0.15, 0.2) is 16.9 Å². The predicted molar refractivity (Wildman–Crippen MR) is 78.5 cm³/mol. The van der Waals surface area contributed by atoms with E-state index in [9.17, 15) is 5.11 Å². The first-order valence-corrected chi connectivity index (χ1v) is 7.25. The van der Waals surface area contributed by atoms with Crippen LogP contribution in [-0.4, -0.2) is 34.9 Å². The van der Waals surface area contributed by atoms with Gasteiger partial charge in [0.1, 0.15) is 5.71 Å². The van der Waals surface area contributed by atoms with Crippen molar-refractivity contribution >= 4 is 11.9 Å². The lowest BCUT2D eigenvalue weighted by Crippen LogP contribution is -2.55. The molecule has 1 fully saturated rings. The molecule has 4 heteroatoms. The number of nitrogens with zero attached hydrogens (tertiary/aromatic N) is 3. The molecule has 0 aromatic rings. The van der Waals surface area contributed by atoms with Crippen LogP contribution in [0.2, 0.25) is 0 Å². The number of allylic oxidation sites excluding steroid dienone is 1. The average molecular weight is 272 g/mol. The summed E-state index contributed by atoms with van der Waals surface area (Å²) in [5.74, 6) is 0.709. The van der Waals surface area contributed by atoms with Crippen molar-refractivity contribution in [2.45, 2.75) is 39.7 Å². The number of rotatable bonds is 0. The molecule has 1 saturated carbocycles. The molecular weight excluding hydrogens is 250 g/mol. The van der Waals surface area contributed by atoms with Crippen molar-refractivity contribution in [1.29, 1.82) is 0 Å². The van der Waals surface area contributed by atoms with Gasteiger partial charge in [0, 0.05) is 5.41 Å². The molecule has 0 amide bonds. The van der Waals surface area contributed by atoms with Gasteiger partial charge in [0.2, 0.25) is 0 Å². The molecule has 20 heavy (non-hydrogen) atoms. The highest BCUT2D eigenvalue weighted by molar-refractivity contribution is 6.04. The molecule has 1 heterocycles. The van der Waals surface area contributed by atoms with Gasteiger partial charge in [0.15, 0.2) is 19.0 Å². The van der Waals surface area contributed by atoms with Crippen LogP contribution in [0.5, 0.6) is 0 Å². The third kappa shape index (κ3) is 1.56. The van der Waals surface area contributed by atoms with Crippen LogP contribution in [0.4, 0.5) is 0 Å². The van der Waals surface area contributed by atoms with E-state index in [0.29, 0.717) is 17.5 Å². The fourth-order valence-corrected chi connectivity index (χ4v) is 4.52. The van der Waals surface area contributed by atoms with Crippen LogP contribution in [0, 0.1) is 29.2 Å². The maximum absolute atomic E-state index is 10.5. The molecule has 3 rings (SSSR count). The van der Waals surface area contributed by atoms with Crippen molar-refractivity contribution in [3.63, 3.8) is 0 Å². The number of aliphatic hydroxyl groups is 1. The Labute approximate surface area is 120 Å². The summed E-state index contributed by atoms with van der Waals surface area (Å²) >= 11 is 0. The molecule has 0 spiro atoms. The number of hydrazone groups is 1. The summed E-state index contributed by atoms with van der Waals surface area (Å²) in [6, 6.07) is 0. The number of hydrogen-bond donors (Lipinski definition) is 1. The zero-order valence-corrected chi connectivity index (χ0v) is 12.6. The first-order chi connectivity index (χ1) is 9.30. The van der Waals surface area contributed by atoms with Gasteiger partial charge < -0.3 is 5.11 Å². The second kappa shape index (κ2) is 4.02. The maximum atomic E-state index is 10.5. The SMILES string of the molecule is [C-]#[N+]C1=C[C@]2(C)C3=N[N+](C)=CC3CC[C@H]2C(C)(C)C1O. The molecule has 4 atom stereocenters. The molecule has 1 N–H and O–H groups in total. The van der Waals surface area contributed by atoms with Crippen molar-refractivity contribution in [2.75, 3.05) is 7.05 Å². The molecular formula is C16H22N3O+. The summed E-state index contributed by atoms with van der Waals surface area (Å²) in [5.41, 5.74) is 1.13. The van der Waals surface area contributed by atoms with Gasteiger partial charge in [-0.3, -0.25) is 0 Å². The minimum absolute atomic E-state index is 0.215. The Bertz CT molecular complexity index is 593. The second-order valence-corrected chi connectivity index (χ2v) is 7.13. The van der Waals surface area contributed by atoms with Crippen LogP contribution in [0.3, 0.4) is 0 Å². The minimum Gasteiger partial charge on any atom is -0.399 e. The quantitative estimate of drug-likeness (QED) is 0.533. The van der Waals surface area contributed by atoms with Gasteiger partial charge in [0.05, 0.1) is 18.6 Å². The van der Waals surface area contributed by atoms with Crippen LogP contribution in [0.25, 0.3) is 4.85 Å². The van der Waals surface area contributed by atoms with Gasteiger partial charge in [-0.2, -0.15) is 0 Å². The highest BCUT2D eigenvalue weighted by Crippen LogP contribution is 2.56. The fraction of sp³-hybridized carbons (Fsp3) is 0.688. The summed E-state index contributed by atoms with van der Waals surface area (Å²) in [4.78, 5) is 3.58. The summed E-state index contributed by atoms with van der Waals surface area (Å²) < 4.78 is 1.90. The highest BCUT2D eigenvalue weighted by atomic mass is 16.3. The largest absolute Gasteiger partial charge is 0.399 e. The van der Waals surface area contributed by atoms with E-state index in [-0.39, 0.29) is 10.8 Å². The Kier molecular flexibility index (Phi) is 2.71. The topological polar surface area (TPSA) is 40.0 Å². The van der Waals surface area contributed by atoms with E-state index in [2.05, 4.69) is 31.8 Å². The standard InChI is InChI=1S/C16H22N3O/c1-15(2)12-7-6-10-9-19(5)18-13(10)16(12,3)8-11(17-4)14(15)20/h8-10,12,14,20H,6-7H2,1-3,5H3/q+1/t10?,12-,14?,16-/m0/s1. The molecule has 1 aliphatic heterocycles. The zero-order chi connectivity index (χ0) is 14.7. The van der Waals surface area contributed by atoms with Crippen molar-refractivity contribution in [3.05, 3.63) is 23.2 Å². The lowest BCUT2D eigenvalue weighted by Gasteiger charge is -2.53. The summed E-state index contributed by atoms with van der Waals surface area (Å²) in [6.07, 6.45) is 5.63. The van der Waals surface area contributed by atoms with E-state index in [1.807, 2.05) is 17.8 Å². The zero-order valence-electron chi connectivity index (χ0n) is 12.6. The van der Waals surface area contributed by atoms with Gasteiger partial charge in [-0.25, -0.2) is 4.85 Å². The first kappa shape index (κ1) is 13.5. The maximum Gasteiger partial charge on any atom is 0.191 e. The Morgan fingerprint density at radius 3 is 2.75 bits per heavy atom. The van der Waals surface area contributed by atoms with Crippen LogP contribution < -0.4 is 0 Å². The predicted octanol–water partition coefficient (Wildman–Crippen LogP) is 2.31. The van der Waals surface area contributed by atoms with E-state index in [1.54, 1.807) is 0 Å². The molecule has 3 aliphatic rings. The molecule has 0 radical (unpaired) electrons. The van der Waals surface area contributed by atoms with Gasteiger partial charge in [-0.15, -0.1) is 0 Å². The van der Waals surface area contributed by atoms with Gasteiger partial charge in [-0.1, -0.05) is 31.5 Å². The number of hydrogen-bond acceptors (Lipinski definition) is 2. The molecule has 0 bridgehead atoms. The van der Waals surface area contributed by atoms with Gasteiger partial charge in [0.25, 0.3) is 0 Å². The van der Waals surface area contributed by atoms with Crippen LogP contribution in [0.1, 0.15) is 33.6 Å². The molecule has 2 unspecified atom stereocenters. The lowest BCUT2D eigenvalue weighted by atomic mass is 9.50. The van der Waals surface area contributed by atoms with Crippen LogP contribution >= 0.6 is 0 Å². The first-order valence-electron chi connectivity index (χ1n) is 7.25. The van der Waals surface area contributed by atoms with Crippen LogP contribution in [-0.2, 0) is 0 Å². The molecule has 0 saturated heterocycles. The number of fused-ring (bicyclic) bond motifs is 3. The summed E-state index contributed by atoms with van der Waals surface area (Å²) in [5, 5.41) is 15.2. The normalized spacial score (nSPS) is 41.8. The van der Waals surface area contributed by atoms with Crippen molar-refractivity contribution < 1.29 is 9.79 Å².